The molecular formula is C20H25N5O4. The summed E-state index contributed by atoms with van der Waals surface area (Å²) in [5.41, 5.74) is 1.21. The number of piperidine rings is 1. The third kappa shape index (κ3) is 3.88. The number of hydrogen-bond donors (Lipinski definition) is 3. The second-order valence-corrected chi connectivity index (χ2v) is 7.55. The average molecular weight is 399 g/mol. The van der Waals surface area contributed by atoms with Crippen LogP contribution in [-0.2, 0) is 9.59 Å². The zero-order chi connectivity index (χ0) is 20.4. The Balaban J connectivity index is 1.43. The normalized spacial score (nSPS) is 22.6. The first kappa shape index (κ1) is 19.5. The summed E-state index contributed by atoms with van der Waals surface area (Å²) in [5, 5.41) is 8.82. The molecule has 3 N–H and O–H groups in total. The minimum absolute atomic E-state index is 0.112. The number of fused-ring (bicyclic) bond motifs is 1. The molecule has 9 heteroatoms. The fourth-order valence-electron chi connectivity index (χ4n) is 4.12. The summed E-state index contributed by atoms with van der Waals surface area (Å²) in [6, 6.07) is 4.17. The van der Waals surface area contributed by atoms with Crippen molar-refractivity contribution in [3.05, 3.63) is 29.3 Å². The van der Waals surface area contributed by atoms with Crippen molar-refractivity contribution in [3.8, 4) is 0 Å². The summed E-state index contributed by atoms with van der Waals surface area (Å²) in [5.74, 6) is -1.94. The lowest BCUT2D eigenvalue weighted by Crippen LogP contribution is -2.54. The summed E-state index contributed by atoms with van der Waals surface area (Å²) in [7, 11) is 0. The number of rotatable bonds is 6. The Labute approximate surface area is 168 Å². The molecule has 0 saturated carbocycles. The van der Waals surface area contributed by atoms with E-state index in [4.69, 9.17) is 0 Å². The number of imide groups is 2. The predicted octanol–water partition coefficient (Wildman–Crippen LogP) is -0.205. The van der Waals surface area contributed by atoms with Crippen LogP contribution >= 0.6 is 0 Å². The molecule has 9 nitrogen and oxygen atoms in total. The number of nitrogens with zero attached hydrogens (tertiary/aromatic N) is 2. The third-order valence-corrected chi connectivity index (χ3v) is 5.64. The largest absolute Gasteiger partial charge is 0.384 e. The average Bonchev–Trinajstić information content (AvgIpc) is 2.98. The van der Waals surface area contributed by atoms with Crippen molar-refractivity contribution in [1.29, 1.82) is 0 Å². The van der Waals surface area contributed by atoms with Crippen LogP contribution in [0.5, 0.6) is 0 Å². The van der Waals surface area contributed by atoms with Crippen LogP contribution in [0.3, 0.4) is 0 Å². The molecule has 1 aromatic carbocycles. The van der Waals surface area contributed by atoms with Crippen LogP contribution in [-0.4, -0.2) is 78.7 Å². The molecule has 154 valence electrons. The van der Waals surface area contributed by atoms with E-state index in [0.29, 0.717) is 23.4 Å². The van der Waals surface area contributed by atoms with Gasteiger partial charge in [0.1, 0.15) is 6.04 Å². The molecule has 3 heterocycles. The van der Waals surface area contributed by atoms with Crippen LogP contribution in [0.4, 0.5) is 5.69 Å². The maximum Gasteiger partial charge on any atom is 0.264 e. The maximum atomic E-state index is 13.0. The monoisotopic (exact) mass is 399 g/mol. The number of anilines is 1. The highest BCUT2D eigenvalue weighted by Crippen LogP contribution is 2.32. The summed E-state index contributed by atoms with van der Waals surface area (Å²) >= 11 is 0. The van der Waals surface area contributed by atoms with E-state index >= 15 is 0 Å². The summed E-state index contributed by atoms with van der Waals surface area (Å²) < 4.78 is 0. The molecule has 4 rings (SSSR count). The Morgan fingerprint density at radius 2 is 1.86 bits per heavy atom. The minimum Gasteiger partial charge on any atom is -0.384 e. The Hall–Kier alpha value is -2.78. The Morgan fingerprint density at radius 1 is 1.07 bits per heavy atom. The molecule has 0 radical (unpaired) electrons. The molecular weight excluding hydrogens is 374 g/mol. The van der Waals surface area contributed by atoms with Crippen molar-refractivity contribution in [2.24, 2.45) is 0 Å². The second kappa shape index (κ2) is 8.30. The van der Waals surface area contributed by atoms with Gasteiger partial charge in [0.15, 0.2) is 0 Å². The van der Waals surface area contributed by atoms with Gasteiger partial charge < -0.3 is 15.5 Å². The first-order valence-corrected chi connectivity index (χ1v) is 10.1. The predicted molar refractivity (Wildman–Crippen MR) is 106 cm³/mol. The molecule has 4 amide bonds. The molecule has 1 unspecified atom stereocenters. The molecule has 3 aliphatic rings. The zero-order valence-corrected chi connectivity index (χ0v) is 16.2. The Bertz CT molecular complexity index is 849. The van der Waals surface area contributed by atoms with Crippen LogP contribution in [0.2, 0.25) is 0 Å². The summed E-state index contributed by atoms with van der Waals surface area (Å²) in [6.07, 6.45) is 1.19. The standard InChI is InChI=1S/C20H25N5O4/c26-16-6-5-15(18(27)23-16)25-19(28)13-3-1-4-14(17(13)20(25)29)22-7-2-10-24-11-8-21-9-12-24/h1,3-4,15,21-22H,2,5-12H2,(H,23,26,27). The number of hydrogen-bond acceptors (Lipinski definition) is 7. The van der Waals surface area contributed by atoms with Crippen LogP contribution in [0.15, 0.2) is 18.2 Å². The van der Waals surface area contributed by atoms with Crippen molar-refractivity contribution in [1.82, 2.24) is 20.4 Å². The fraction of sp³-hybridized carbons (Fsp3) is 0.500. The van der Waals surface area contributed by atoms with E-state index in [0.717, 1.165) is 44.0 Å². The Morgan fingerprint density at radius 3 is 2.62 bits per heavy atom. The molecule has 2 saturated heterocycles. The number of carbonyl (C=O) groups is 4. The van der Waals surface area contributed by atoms with Gasteiger partial charge in [-0.2, -0.15) is 0 Å². The topological polar surface area (TPSA) is 111 Å². The lowest BCUT2D eigenvalue weighted by Gasteiger charge is -2.28. The highest BCUT2D eigenvalue weighted by molar-refractivity contribution is 6.25. The van der Waals surface area contributed by atoms with Crippen molar-refractivity contribution in [2.45, 2.75) is 25.3 Å². The molecule has 3 aliphatic heterocycles. The third-order valence-electron chi connectivity index (χ3n) is 5.64. The highest BCUT2D eigenvalue weighted by atomic mass is 16.2. The number of benzene rings is 1. The molecule has 1 atom stereocenters. The van der Waals surface area contributed by atoms with Gasteiger partial charge in [-0.3, -0.25) is 29.4 Å². The van der Waals surface area contributed by atoms with Gasteiger partial charge in [0.25, 0.3) is 11.8 Å². The van der Waals surface area contributed by atoms with Gasteiger partial charge in [0.05, 0.1) is 11.1 Å². The lowest BCUT2D eigenvalue weighted by atomic mass is 10.0. The first-order valence-electron chi connectivity index (χ1n) is 10.1. The van der Waals surface area contributed by atoms with Crippen LogP contribution in [0, 0.1) is 0 Å². The molecule has 0 aromatic heterocycles. The van der Waals surface area contributed by atoms with Crippen molar-refractivity contribution in [2.75, 3.05) is 44.6 Å². The van der Waals surface area contributed by atoms with Gasteiger partial charge in [0.2, 0.25) is 11.8 Å². The van der Waals surface area contributed by atoms with Gasteiger partial charge in [-0.05, 0) is 31.5 Å². The van der Waals surface area contributed by atoms with Gasteiger partial charge in [-0.15, -0.1) is 0 Å². The minimum atomic E-state index is -0.944. The van der Waals surface area contributed by atoms with E-state index in [1.165, 1.54) is 0 Å². The molecule has 0 bridgehead atoms. The quantitative estimate of drug-likeness (QED) is 0.449. The van der Waals surface area contributed by atoms with Gasteiger partial charge in [-0.25, -0.2) is 0 Å². The second-order valence-electron chi connectivity index (χ2n) is 7.55. The number of amides is 4. The molecule has 29 heavy (non-hydrogen) atoms. The van der Waals surface area contributed by atoms with Crippen LogP contribution < -0.4 is 16.0 Å². The van der Waals surface area contributed by atoms with Crippen molar-refractivity contribution in [3.63, 3.8) is 0 Å². The SMILES string of the molecule is O=C1CCC(N2C(=O)c3cccc(NCCCN4CCNCC4)c3C2=O)C(=O)N1. The summed E-state index contributed by atoms with van der Waals surface area (Å²) in [4.78, 5) is 52.8. The number of carbonyl (C=O) groups excluding carboxylic acids is 4. The van der Waals surface area contributed by atoms with E-state index in [9.17, 15) is 19.2 Å². The highest BCUT2D eigenvalue weighted by Gasteiger charge is 2.45. The fourth-order valence-corrected chi connectivity index (χ4v) is 4.12. The number of piperazine rings is 1. The van der Waals surface area contributed by atoms with E-state index in [-0.39, 0.29) is 18.7 Å². The maximum absolute atomic E-state index is 13.0. The number of nitrogens with one attached hydrogen (secondary N) is 3. The molecule has 1 aromatic rings. The van der Waals surface area contributed by atoms with E-state index in [2.05, 4.69) is 20.9 Å². The van der Waals surface area contributed by atoms with Crippen molar-refractivity contribution < 1.29 is 19.2 Å². The van der Waals surface area contributed by atoms with Gasteiger partial charge in [0, 0.05) is 44.8 Å². The molecule has 2 fully saturated rings. The smallest absolute Gasteiger partial charge is 0.264 e. The first-order chi connectivity index (χ1) is 14.1. The Kier molecular flexibility index (Phi) is 5.59. The molecule has 0 aliphatic carbocycles. The van der Waals surface area contributed by atoms with E-state index < -0.39 is 23.8 Å². The van der Waals surface area contributed by atoms with Crippen LogP contribution in [0.25, 0.3) is 0 Å². The van der Waals surface area contributed by atoms with E-state index in [1.807, 2.05) is 0 Å². The zero-order valence-electron chi connectivity index (χ0n) is 16.2. The van der Waals surface area contributed by atoms with Gasteiger partial charge in [-0.1, -0.05) is 6.07 Å². The van der Waals surface area contributed by atoms with E-state index in [1.54, 1.807) is 18.2 Å². The van der Waals surface area contributed by atoms with Gasteiger partial charge >= 0.3 is 0 Å². The van der Waals surface area contributed by atoms with Crippen LogP contribution in [0.1, 0.15) is 40.0 Å². The summed E-state index contributed by atoms with van der Waals surface area (Å²) in [6.45, 7) is 5.74. The lowest BCUT2D eigenvalue weighted by molar-refractivity contribution is -0.136. The molecule has 0 spiro atoms. The van der Waals surface area contributed by atoms with Crippen molar-refractivity contribution >= 4 is 29.3 Å².